The van der Waals surface area contributed by atoms with Crippen LogP contribution in [0.1, 0.15) is 0 Å². The molecule has 2 aromatic carbocycles. The summed E-state index contributed by atoms with van der Waals surface area (Å²) in [5.41, 5.74) is 3.05. The van der Waals surface area contributed by atoms with E-state index in [1.165, 1.54) is 6.07 Å². The maximum absolute atomic E-state index is 12.7. The summed E-state index contributed by atoms with van der Waals surface area (Å²) >= 11 is 0. The first-order chi connectivity index (χ1) is 10.9. The first kappa shape index (κ1) is 15.7. The van der Waals surface area contributed by atoms with E-state index < -0.39 is 22.0 Å². The van der Waals surface area contributed by atoms with E-state index in [1.54, 1.807) is 12.1 Å². The molecule has 0 spiro atoms. The molecule has 3 rings (SSSR count). The van der Waals surface area contributed by atoms with Gasteiger partial charge in [-0.2, -0.15) is 4.72 Å². The third kappa shape index (κ3) is 2.88. The van der Waals surface area contributed by atoms with Crippen LogP contribution < -0.4 is 15.1 Å². The zero-order chi connectivity index (χ0) is 16.6. The SMILES string of the molecule is CN(C)c1cccc2c(S(=O)(=O)N[C@@H]3CONC3=O)cccc12. The lowest BCUT2D eigenvalue weighted by Gasteiger charge is -2.17. The van der Waals surface area contributed by atoms with Gasteiger partial charge in [0.25, 0.3) is 5.91 Å². The van der Waals surface area contributed by atoms with Crippen molar-refractivity contribution in [1.82, 2.24) is 10.2 Å². The predicted molar refractivity (Wildman–Crippen MR) is 86.5 cm³/mol. The molecular formula is C15H17N3O4S. The molecule has 23 heavy (non-hydrogen) atoms. The van der Waals surface area contributed by atoms with E-state index in [0.717, 1.165) is 11.1 Å². The van der Waals surface area contributed by atoms with Gasteiger partial charge >= 0.3 is 0 Å². The summed E-state index contributed by atoms with van der Waals surface area (Å²) in [5, 5.41) is 1.43. The van der Waals surface area contributed by atoms with Crippen molar-refractivity contribution in [2.45, 2.75) is 10.9 Å². The highest BCUT2D eigenvalue weighted by Gasteiger charge is 2.31. The third-order valence-corrected chi connectivity index (χ3v) is 5.20. The summed E-state index contributed by atoms with van der Waals surface area (Å²) in [7, 11) is -0.0606. The molecule has 0 bridgehead atoms. The standard InChI is InChI=1S/C15H17N3O4S/c1-18(2)13-7-3-6-11-10(13)5-4-8-14(11)23(20,21)17-12-9-22-16-15(12)19/h3-8,12,17H,9H2,1-2H3,(H,16,19)/t12-/m1/s1. The topological polar surface area (TPSA) is 87.7 Å². The summed E-state index contributed by atoms with van der Waals surface area (Å²) < 4.78 is 27.7. The first-order valence-electron chi connectivity index (χ1n) is 7.03. The van der Waals surface area contributed by atoms with Crippen LogP contribution in [0.2, 0.25) is 0 Å². The molecule has 1 saturated heterocycles. The van der Waals surface area contributed by atoms with Crippen molar-refractivity contribution in [2.24, 2.45) is 0 Å². The fraction of sp³-hybridized carbons (Fsp3) is 0.267. The zero-order valence-electron chi connectivity index (χ0n) is 12.7. The lowest BCUT2D eigenvalue weighted by Crippen LogP contribution is -2.41. The van der Waals surface area contributed by atoms with E-state index in [9.17, 15) is 13.2 Å². The fourth-order valence-corrected chi connectivity index (χ4v) is 3.97. The van der Waals surface area contributed by atoms with Crippen LogP contribution in [0.3, 0.4) is 0 Å². The molecule has 122 valence electrons. The van der Waals surface area contributed by atoms with E-state index >= 15 is 0 Å². The first-order valence-corrected chi connectivity index (χ1v) is 8.51. The van der Waals surface area contributed by atoms with Gasteiger partial charge < -0.3 is 4.90 Å². The number of nitrogens with one attached hydrogen (secondary N) is 2. The van der Waals surface area contributed by atoms with Crippen molar-refractivity contribution in [2.75, 3.05) is 25.6 Å². The van der Waals surface area contributed by atoms with E-state index in [0.29, 0.717) is 5.39 Å². The highest BCUT2D eigenvalue weighted by Crippen LogP contribution is 2.30. The average molecular weight is 335 g/mol. The Balaban J connectivity index is 2.09. The Labute approximate surface area is 134 Å². The Morgan fingerprint density at radius 1 is 1.17 bits per heavy atom. The van der Waals surface area contributed by atoms with E-state index in [1.807, 2.05) is 37.2 Å². The summed E-state index contributed by atoms with van der Waals surface area (Å²) in [4.78, 5) is 18.3. The summed E-state index contributed by atoms with van der Waals surface area (Å²) in [5.74, 6) is -0.497. The summed E-state index contributed by atoms with van der Waals surface area (Å²) in [6.07, 6.45) is 0. The monoisotopic (exact) mass is 335 g/mol. The number of carbonyl (C=O) groups is 1. The molecule has 1 atom stereocenters. The molecule has 0 radical (unpaired) electrons. The molecule has 2 aromatic rings. The van der Waals surface area contributed by atoms with Gasteiger partial charge in [0.15, 0.2) is 0 Å². The smallest absolute Gasteiger partial charge is 0.264 e. The average Bonchev–Trinajstić information content (AvgIpc) is 2.90. The van der Waals surface area contributed by atoms with Crippen LogP contribution in [0, 0.1) is 0 Å². The molecule has 1 aliphatic rings. The number of amides is 1. The van der Waals surface area contributed by atoms with Gasteiger partial charge in [0.2, 0.25) is 10.0 Å². The molecule has 0 saturated carbocycles. The maximum atomic E-state index is 12.7. The minimum absolute atomic E-state index is 0.0359. The van der Waals surface area contributed by atoms with Crippen molar-refractivity contribution in [1.29, 1.82) is 0 Å². The van der Waals surface area contributed by atoms with E-state index in [2.05, 4.69) is 10.2 Å². The quantitative estimate of drug-likeness (QED) is 0.855. The van der Waals surface area contributed by atoms with Crippen LogP contribution in [0.5, 0.6) is 0 Å². The third-order valence-electron chi connectivity index (χ3n) is 3.67. The van der Waals surface area contributed by atoms with Crippen LogP contribution in [0.15, 0.2) is 41.3 Å². The number of anilines is 1. The molecule has 1 aliphatic heterocycles. The number of hydrogen-bond acceptors (Lipinski definition) is 5. The van der Waals surface area contributed by atoms with Crippen molar-refractivity contribution >= 4 is 32.4 Å². The summed E-state index contributed by atoms with van der Waals surface area (Å²) in [6, 6.07) is 9.64. The molecule has 0 unspecified atom stereocenters. The normalized spacial score (nSPS) is 18.2. The number of sulfonamides is 1. The molecule has 0 aromatic heterocycles. The highest BCUT2D eigenvalue weighted by atomic mass is 32.2. The minimum Gasteiger partial charge on any atom is -0.377 e. The second-order valence-corrected chi connectivity index (χ2v) is 7.16. The minimum atomic E-state index is -3.86. The van der Waals surface area contributed by atoms with Gasteiger partial charge in [-0.15, -0.1) is 0 Å². The molecule has 1 fully saturated rings. The van der Waals surface area contributed by atoms with Crippen LogP contribution in [-0.4, -0.2) is 41.1 Å². The molecule has 7 nitrogen and oxygen atoms in total. The molecule has 1 amide bonds. The van der Waals surface area contributed by atoms with Gasteiger partial charge in [-0.05, 0) is 12.1 Å². The van der Waals surface area contributed by atoms with Gasteiger partial charge in [0.1, 0.15) is 12.6 Å². The van der Waals surface area contributed by atoms with Gasteiger partial charge in [-0.25, -0.2) is 13.9 Å². The van der Waals surface area contributed by atoms with Gasteiger partial charge in [-0.1, -0.05) is 24.3 Å². The van der Waals surface area contributed by atoms with Crippen LogP contribution >= 0.6 is 0 Å². The Morgan fingerprint density at radius 2 is 1.87 bits per heavy atom. The number of rotatable bonds is 4. The van der Waals surface area contributed by atoms with Gasteiger partial charge in [0, 0.05) is 30.6 Å². The summed E-state index contributed by atoms with van der Waals surface area (Å²) in [6.45, 7) is -0.0359. The molecule has 2 N–H and O–H groups in total. The molecular weight excluding hydrogens is 318 g/mol. The Morgan fingerprint density at radius 3 is 2.52 bits per heavy atom. The van der Waals surface area contributed by atoms with E-state index in [-0.39, 0.29) is 11.5 Å². The fourth-order valence-electron chi connectivity index (χ4n) is 2.57. The number of nitrogens with zero attached hydrogens (tertiary/aromatic N) is 1. The molecule has 0 aliphatic carbocycles. The van der Waals surface area contributed by atoms with E-state index in [4.69, 9.17) is 4.84 Å². The second kappa shape index (κ2) is 5.80. The largest absolute Gasteiger partial charge is 0.377 e. The lowest BCUT2D eigenvalue weighted by molar-refractivity contribution is -0.124. The number of carbonyl (C=O) groups excluding carboxylic acids is 1. The van der Waals surface area contributed by atoms with Crippen LogP contribution in [0.4, 0.5) is 5.69 Å². The Kier molecular flexibility index (Phi) is 3.97. The maximum Gasteiger partial charge on any atom is 0.264 e. The number of benzene rings is 2. The van der Waals surface area contributed by atoms with Crippen LogP contribution in [-0.2, 0) is 19.7 Å². The second-order valence-electron chi connectivity index (χ2n) is 5.47. The number of fused-ring (bicyclic) bond motifs is 1. The van der Waals surface area contributed by atoms with Gasteiger partial charge in [0.05, 0.1) is 4.90 Å². The van der Waals surface area contributed by atoms with Crippen molar-refractivity contribution < 1.29 is 18.0 Å². The van der Waals surface area contributed by atoms with Gasteiger partial charge in [-0.3, -0.25) is 9.63 Å². The van der Waals surface area contributed by atoms with Crippen LogP contribution in [0.25, 0.3) is 10.8 Å². The number of hydrogen-bond donors (Lipinski definition) is 2. The number of hydroxylamine groups is 1. The van der Waals surface area contributed by atoms with Crippen molar-refractivity contribution in [3.63, 3.8) is 0 Å². The highest BCUT2D eigenvalue weighted by molar-refractivity contribution is 7.89. The van der Waals surface area contributed by atoms with Crippen molar-refractivity contribution in [3.8, 4) is 0 Å². The molecule has 8 heteroatoms. The molecule has 1 heterocycles. The lowest BCUT2D eigenvalue weighted by atomic mass is 10.1. The van der Waals surface area contributed by atoms with Crippen molar-refractivity contribution in [3.05, 3.63) is 36.4 Å². The Hall–Kier alpha value is -2.16. The zero-order valence-corrected chi connectivity index (χ0v) is 13.6. The predicted octanol–water partition coefficient (Wildman–Crippen LogP) is 0.614. The Bertz CT molecular complexity index is 864.